The van der Waals surface area contributed by atoms with Crippen molar-refractivity contribution >= 4 is 5.69 Å². The van der Waals surface area contributed by atoms with Crippen molar-refractivity contribution in [3.8, 4) is 5.75 Å². The van der Waals surface area contributed by atoms with Gasteiger partial charge in [-0.15, -0.1) is 0 Å². The molecule has 1 aromatic carbocycles. The summed E-state index contributed by atoms with van der Waals surface area (Å²) < 4.78 is 5.27. The highest BCUT2D eigenvalue weighted by molar-refractivity contribution is 5.53. The summed E-state index contributed by atoms with van der Waals surface area (Å²) >= 11 is 0. The van der Waals surface area contributed by atoms with Crippen LogP contribution in [0.15, 0.2) is 18.2 Å². The SMILES string of the molecule is CCOc1ccc(N)c(C(N)(N)N)c1. The third-order valence-corrected chi connectivity index (χ3v) is 1.80. The lowest BCUT2D eigenvalue weighted by molar-refractivity contribution is 0.338. The Morgan fingerprint density at radius 2 is 1.93 bits per heavy atom. The fraction of sp³-hybridized carbons (Fsp3) is 0.333. The highest BCUT2D eigenvalue weighted by atomic mass is 16.5. The minimum Gasteiger partial charge on any atom is -0.494 e. The van der Waals surface area contributed by atoms with Gasteiger partial charge in [-0.2, -0.15) is 0 Å². The van der Waals surface area contributed by atoms with Crippen molar-refractivity contribution in [3.63, 3.8) is 0 Å². The van der Waals surface area contributed by atoms with Crippen LogP contribution in [0.2, 0.25) is 0 Å². The molecule has 1 aromatic rings. The van der Waals surface area contributed by atoms with E-state index in [-0.39, 0.29) is 0 Å². The first-order valence-corrected chi connectivity index (χ1v) is 4.34. The summed E-state index contributed by atoms with van der Waals surface area (Å²) in [6.07, 6.45) is 0. The summed E-state index contributed by atoms with van der Waals surface area (Å²) in [4.78, 5) is 0. The third-order valence-electron chi connectivity index (χ3n) is 1.80. The molecule has 0 fully saturated rings. The number of hydrogen-bond acceptors (Lipinski definition) is 5. The molecule has 0 spiro atoms. The van der Waals surface area contributed by atoms with Gasteiger partial charge < -0.3 is 10.5 Å². The van der Waals surface area contributed by atoms with Crippen molar-refractivity contribution in [1.29, 1.82) is 0 Å². The fourth-order valence-electron chi connectivity index (χ4n) is 1.17. The van der Waals surface area contributed by atoms with Crippen LogP contribution in [0.4, 0.5) is 5.69 Å². The van der Waals surface area contributed by atoms with Crippen molar-refractivity contribution in [1.82, 2.24) is 0 Å². The summed E-state index contributed by atoms with van der Waals surface area (Å²) in [5.74, 6) is -0.778. The second-order valence-corrected chi connectivity index (χ2v) is 3.12. The van der Waals surface area contributed by atoms with Crippen LogP contribution in [-0.2, 0) is 5.79 Å². The molecule has 0 aliphatic rings. The molecule has 0 aliphatic carbocycles. The standard InChI is InChI=1S/C9H16N4O/c1-2-14-6-3-4-8(10)7(5-6)9(11,12)13/h3-5H,2,10-13H2,1H3. The molecule has 0 saturated carbocycles. The fourth-order valence-corrected chi connectivity index (χ4v) is 1.17. The monoisotopic (exact) mass is 196 g/mol. The van der Waals surface area contributed by atoms with Crippen molar-refractivity contribution in [2.24, 2.45) is 17.2 Å². The zero-order chi connectivity index (χ0) is 10.8. The van der Waals surface area contributed by atoms with Crippen molar-refractivity contribution in [2.75, 3.05) is 12.3 Å². The van der Waals surface area contributed by atoms with Crippen molar-refractivity contribution in [3.05, 3.63) is 23.8 Å². The van der Waals surface area contributed by atoms with Gasteiger partial charge in [0.1, 0.15) is 11.5 Å². The minimum absolute atomic E-state index is 0.459. The van der Waals surface area contributed by atoms with Crippen LogP contribution in [0, 0.1) is 0 Å². The molecule has 0 unspecified atom stereocenters. The first-order valence-electron chi connectivity index (χ1n) is 4.34. The lowest BCUT2D eigenvalue weighted by atomic mass is 10.1. The van der Waals surface area contributed by atoms with E-state index in [9.17, 15) is 0 Å². The van der Waals surface area contributed by atoms with E-state index in [2.05, 4.69) is 0 Å². The van der Waals surface area contributed by atoms with E-state index in [0.29, 0.717) is 23.6 Å². The Morgan fingerprint density at radius 3 is 2.43 bits per heavy atom. The minimum atomic E-state index is -1.43. The number of hydrogen-bond donors (Lipinski definition) is 4. The van der Waals surface area contributed by atoms with E-state index < -0.39 is 5.79 Å². The Kier molecular flexibility index (Phi) is 2.95. The molecule has 0 aliphatic heterocycles. The van der Waals surface area contributed by atoms with Crippen LogP contribution >= 0.6 is 0 Å². The molecule has 5 nitrogen and oxygen atoms in total. The second kappa shape index (κ2) is 3.83. The maximum absolute atomic E-state index is 5.68. The smallest absolute Gasteiger partial charge is 0.145 e. The van der Waals surface area contributed by atoms with E-state index in [1.807, 2.05) is 6.92 Å². The molecule has 0 bridgehead atoms. The van der Waals surface area contributed by atoms with E-state index >= 15 is 0 Å². The summed E-state index contributed by atoms with van der Waals surface area (Å²) in [5, 5.41) is 0. The van der Waals surface area contributed by atoms with Gasteiger partial charge in [0.15, 0.2) is 0 Å². The molecule has 78 valence electrons. The predicted molar refractivity (Wildman–Crippen MR) is 56.3 cm³/mol. The van der Waals surface area contributed by atoms with Gasteiger partial charge in [-0.3, -0.25) is 17.2 Å². The Balaban J connectivity index is 3.09. The first kappa shape index (κ1) is 10.8. The number of benzene rings is 1. The molecular weight excluding hydrogens is 180 g/mol. The highest BCUT2D eigenvalue weighted by Gasteiger charge is 2.19. The van der Waals surface area contributed by atoms with E-state index in [0.717, 1.165) is 0 Å². The molecule has 0 saturated heterocycles. The van der Waals surface area contributed by atoms with Gasteiger partial charge in [0.2, 0.25) is 0 Å². The quantitative estimate of drug-likeness (QED) is 0.390. The molecule has 1 rings (SSSR count). The molecule has 14 heavy (non-hydrogen) atoms. The maximum Gasteiger partial charge on any atom is 0.145 e. The van der Waals surface area contributed by atoms with Crippen LogP contribution in [0.5, 0.6) is 5.75 Å². The Bertz CT molecular complexity index is 319. The number of rotatable bonds is 3. The van der Waals surface area contributed by atoms with E-state index in [4.69, 9.17) is 27.7 Å². The first-order chi connectivity index (χ1) is 6.45. The Hall–Kier alpha value is -1.30. The zero-order valence-corrected chi connectivity index (χ0v) is 8.16. The number of nitrogens with two attached hydrogens (primary N) is 4. The maximum atomic E-state index is 5.68. The third kappa shape index (κ3) is 2.35. The lowest BCUT2D eigenvalue weighted by Crippen LogP contribution is -2.54. The van der Waals surface area contributed by atoms with Crippen LogP contribution in [0.25, 0.3) is 0 Å². The molecule has 0 amide bonds. The highest BCUT2D eigenvalue weighted by Crippen LogP contribution is 2.22. The van der Waals surface area contributed by atoms with Crippen LogP contribution in [-0.4, -0.2) is 6.61 Å². The van der Waals surface area contributed by atoms with E-state index in [1.54, 1.807) is 18.2 Å². The lowest BCUT2D eigenvalue weighted by Gasteiger charge is -2.21. The molecule has 0 heterocycles. The van der Waals surface area contributed by atoms with Crippen molar-refractivity contribution in [2.45, 2.75) is 12.7 Å². The molecule has 0 aromatic heterocycles. The average Bonchev–Trinajstić information content (AvgIpc) is 2.07. The van der Waals surface area contributed by atoms with Crippen LogP contribution in [0.1, 0.15) is 12.5 Å². The average molecular weight is 196 g/mol. The summed E-state index contributed by atoms with van der Waals surface area (Å²) in [5.41, 5.74) is 23.2. The predicted octanol–water partition coefficient (Wildman–Crippen LogP) is -0.346. The van der Waals surface area contributed by atoms with Gasteiger partial charge in [-0.05, 0) is 25.1 Å². The van der Waals surface area contributed by atoms with Gasteiger partial charge in [0.05, 0.1) is 6.61 Å². The van der Waals surface area contributed by atoms with Gasteiger partial charge in [-0.1, -0.05) is 0 Å². The zero-order valence-electron chi connectivity index (χ0n) is 8.16. The normalized spacial score (nSPS) is 11.4. The molecule has 5 heteroatoms. The Morgan fingerprint density at radius 1 is 1.29 bits per heavy atom. The van der Waals surface area contributed by atoms with Gasteiger partial charge in [0, 0.05) is 11.3 Å². The summed E-state index contributed by atoms with van der Waals surface area (Å²) in [7, 11) is 0. The second-order valence-electron chi connectivity index (χ2n) is 3.12. The summed E-state index contributed by atoms with van der Waals surface area (Å²) in [6, 6.07) is 5.06. The molecule has 0 radical (unpaired) electrons. The van der Waals surface area contributed by atoms with Gasteiger partial charge in [-0.25, -0.2) is 0 Å². The van der Waals surface area contributed by atoms with E-state index in [1.165, 1.54) is 0 Å². The Labute approximate surface area is 83.0 Å². The summed E-state index contributed by atoms with van der Waals surface area (Å²) in [6.45, 7) is 2.45. The van der Waals surface area contributed by atoms with Crippen molar-refractivity contribution < 1.29 is 4.74 Å². The van der Waals surface area contributed by atoms with Crippen LogP contribution < -0.4 is 27.7 Å². The molecule has 0 atom stereocenters. The van der Waals surface area contributed by atoms with Crippen LogP contribution in [0.3, 0.4) is 0 Å². The molecular formula is C9H16N4O. The number of anilines is 1. The topological polar surface area (TPSA) is 113 Å². The largest absolute Gasteiger partial charge is 0.494 e. The molecule has 8 N–H and O–H groups in total. The van der Waals surface area contributed by atoms with Gasteiger partial charge in [0.25, 0.3) is 0 Å². The number of nitrogen functional groups attached to an aromatic ring is 1. The van der Waals surface area contributed by atoms with Gasteiger partial charge >= 0.3 is 0 Å². The number of ether oxygens (including phenoxy) is 1.